The zero-order chi connectivity index (χ0) is 14.4. The van der Waals surface area contributed by atoms with Crippen LogP contribution in [-0.4, -0.2) is 6.61 Å². The van der Waals surface area contributed by atoms with Crippen LogP contribution in [0, 0.1) is 18.3 Å². The van der Waals surface area contributed by atoms with E-state index in [1.54, 1.807) is 0 Å². The fraction of sp³-hybridized carbons (Fsp3) is 0.235. The van der Waals surface area contributed by atoms with Crippen molar-refractivity contribution >= 4 is 5.69 Å². The first-order valence-corrected chi connectivity index (χ1v) is 6.70. The normalized spacial score (nSPS) is 9.85. The van der Waals surface area contributed by atoms with Crippen molar-refractivity contribution < 1.29 is 4.74 Å². The Morgan fingerprint density at radius 2 is 1.95 bits per heavy atom. The molecule has 0 spiro atoms. The number of hydrogen-bond acceptors (Lipinski definition) is 3. The summed E-state index contributed by atoms with van der Waals surface area (Å²) in [5.74, 6) is 0.883. The van der Waals surface area contributed by atoms with Gasteiger partial charge in [0, 0.05) is 12.1 Å². The van der Waals surface area contributed by atoms with Crippen molar-refractivity contribution in [3.8, 4) is 11.8 Å². The molecule has 0 fully saturated rings. The quantitative estimate of drug-likeness (QED) is 0.893. The van der Waals surface area contributed by atoms with Gasteiger partial charge in [-0.1, -0.05) is 30.3 Å². The van der Waals surface area contributed by atoms with Crippen molar-refractivity contribution in [2.24, 2.45) is 0 Å². The lowest BCUT2D eigenvalue weighted by Gasteiger charge is -2.13. The molecule has 3 heteroatoms. The predicted molar refractivity (Wildman–Crippen MR) is 80.8 cm³/mol. The first kappa shape index (κ1) is 14.0. The van der Waals surface area contributed by atoms with Crippen LogP contribution in [0.5, 0.6) is 5.75 Å². The summed E-state index contributed by atoms with van der Waals surface area (Å²) in [5.41, 5.74) is 3.62. The Labute approximate surface area is 119 Å². The lowest BCUT2D eigenvalue weighted by Crippen LogP contribution is -2.04. The summed E-state index contributed by atoms with van der Waals surface area (Å²) in [5, 5.41) is 12.5. The molecule has 0 radical (unpaired) electrons. The molecule has 0 bridgehead atoms. The number of nitrogens with one attached hydrogen (secondary N) is 1. The molecular formula is C17H18N2O. The van der Waals surface area contributed by atoms with Gasteiger partial charge in [-0.15, -0.1) is 0 Å². The Hall–Kier alpha value is -2.47. The zero-order valence-corrected chi connectivity index (χ0v) is 11.8. The molecule has 0 heterocycles. The minimum absolute atomic E-state index is 0.633. The second-order valence-corrected chi connectivity index (χ2v) is 4.50. The summed E-state index contributed by atoms with van der Waals surface area (Å²) in [6.07, 6.45) is 0. The van der Waals surface area contributed by atoms with E-state index in [2.05, 4.69) is 11.4 Å². The van der Waals surface area contributed by atoms with Crippen molar-refractivity contribution in [3.63, 3.8) is 0 Å². The molecule has 0 aliphatic heterocycles. The average Bonchev–Trinajstić information content (AvgIpc) is 2.47. The molecule has 3 nitrogen and oxygen atoms in total. The van der Waals surface area contributed by atoms with Crippen LogP contribution in [0.25, 0.3) is 0 Å². The Morgan fingerprint density at radius 3 is 2.70 bits per heavy atom. The minimum Gasteiger partial charge on any atom is -0.494 e. The summed E-state index contributed by atoms with van der Waals surface area (Å²) in [7, 11) is 0. The Balaban J connectivity index is 2.18. The Kier molecular flexibility index (Phi) is 4.62. The molecule has 0 saturated heterocycles. The fourth-order valence-electron chi connectivity index (χ4n) is 2.10. The van der Waals surface area contributed by atoms with E-state index >= 15 is 0 Å². The topological polar surface area (TPSA) is 45.0 Å². The number of benzene rings is 2. The SMILES string of the molecule is CCOc1ccccc1CNc1cccc(C)c1C#N. The highest BCUT2D eigenvalue weighted by atomic mass is 16.5. The van der Waals surface area contributed by atoms with Crippen molar-refractivity contribution in [2.45, 2.75) is 20.4 Å². The minimum atomic E-state index is 0.633. The highest BCUT2D eigenvalue weighted by molar-refractivity contribution is 5.61. The Morgan fingerprint density at radius 1 is 1.15 bits per heavy atom. The van der Waals surface area contributed by atoms with Crippen LogP contribution in [0.2, 0.25) is 0 Å². The lowest BCUT2D eigenvalue weighted by molar-refractivity contribution is 0.337. The summed E-state index contributed by atoms with van der Waals surface area (Å²) in [6.45, 7) is 5.19. The van der Waals surface area contributed by atoms with Crippen molar-refractivity contribution in [2.75, 3.05) is 11.9 Å². The van der Waals surface area contributed by atoms with E-state index in [-0.39, 0.29) is 0 Å². The largest absolute Gasteiger partial charge is 0.494 e. The molecule has 0 unspecified atom stereocenters. The van der Waals surface area contributed by atoms with Gasteiger partial charge in [0.2, 0.25) is 0 Å². The maximum absolute atomic E-state index is 9.22. The van der Waals surface area contributed by atoms with Crippen LogP contribution in [-0.2, 0) is 6.54 Å². The average molecular weight is 266 g/mol. The molecule has 2 aromatic rings. The van der Waals surface area contributed by atoms with Crippen LogP contribution < -0.4 is 10.1 Å². The van der Waals surface area contributed by atoms with Crippen molar-refractivity contribution in [1.82, 2.24) is 0 Å². The van der Waals surface area contributed by atoms with Crippen LogP contribution in [0.4, 0.5) is 5.69 Å². The van der Waals surface area contributed by atoms with Gasteiger partial charge in [0.25, 0.3) is 0 Å². The number of ether oxygens (including phenoxy) is 1. The number of nitrogens with zero attached hydrogens (tertiary/aromatic N) is 1. The molecule has 20 heavy (non-hydrogen) atoms. The van der Waals surface area contributed by atoms with Gasteiger partial charge >= 0.3 is 0 Å². The third kappa shape index (κ3) is 3.10. The highest BCUT2D eigenvalue weighted by Crippen LogP contribution is 2.22. The van der Waals surface area contributed by atoms with Crippen LogP contribution in [0.3, 0.4) is 0 Å². The van der Waals surface area contributed by atoms with Gasteiger partial charge in [0.15, 0.2) is 0 Å². The van der Waals surface area contributed by atoms with E-state index in [1.165, 1.54) is 0 Å². The van der Waals surface area contributed by atoms with E-state index in [1.807, 2.05) is 56.3 Å². The smallest absolute Gasteiger partial charge is 0.124 e. The van der Waals surface area contributed by atoms with Gasteiger partial charge in [-0.3, -0.25) is 0 Å². The first-order valence-electron chi connectivity index (χ1n) is 6.70. The Bertz CT molecular complexity index is 629. The third-order valence-corrected chi connectivity index (χ3v) is 3.13. The van der Waals surface area contributed by atoms with Gasteiger partial charge < -0.3 is 10.1 Å². The number of rotatable bonds is 5. The maximum atomic E-state index is 9.22. The zero-order valence-electron chi connectivity index (χ0n) is 11.8. The predicted octanol–water partition coefficient (Wildman–Crippen LogP) is 3.88. The molecule has 1 N–H and O–H groups in total. The summed E-state index contributed by atoms with van der Waals surface area (Å²) < 4.78 is 5.60. The van der Waals surface area contributed by atoms with E-state index in [4.69, 9.17) is 4.74 Å². The van der Waals surface area contributed by atoms with Crippen LogP contribution in [0.1, 0.15) is 23.6 Å². The highest BCUT2D eigenvalue weighted by Gasteiger charge is 2.06. The van der Waals surface area contributed by atoms with E-state index in [0.29, 0.717) is 18.7 Å². The molecule has 0 aliphatic rings. The molecule has 0 atom stereocenters. The van der Waals surface area contributed by atoms with Crippen LogP contribution in [0.15, 0.2) is 42.5 Å². The van der Waals surface area contributed by atoms with Gasteiger partial charge in [0.05, 0.1) is 17.9 Å². The van der Waals surface area contributed by atoms with Gasteiger partial charge in [-0.2, -0.15) is 5.26 Å². The molecule has 0 aromatic heterocycles. The first-order chi connectivity index (χ1) is 9.76. The lowest BCUT2D eigenvalue weighted by atomic mass is 10.1. The maximum Gasteiger partial charge on any atom is 0.124 e. The number of hydrogen-bond donors (Lipinski definition) is 1. The monoisotopic (exact) mass is 266 g/mol. The van der Waals surface area contributed by atoms with E-state index in [0.717, 1.165) is 22.6 Å². The molecule has 2 aromatic carbocycles. The van der Waals surface area contributed by atoms with E-state index < -0.39 is 0 Å². The third-order valence-electron chi connectivity index (χ3n) is 3.13. The number of nitriles is 1. The molecule has 2 rings (SSSR count). The van der Waals surface area contributed by atoms with Crippen molar-refractivity contribution in [3.05, 3.63) is 59.2 Å². The summed E-state index contributed by atoms with van der Waals surface area (Å²) in [4.78, 5) is 0. The summed E-state index contributed by atoms with van der Waals surface area (Å²) >= 11 is 0. The second-order valence-electron chi connectivity index (χ2n) is 4.50. The van der Waals surface area contributed by atoms with Gasteiger partial charge in [-0.25, -0.2) is 0 Å². The molecular weight excluding hydrogens is 248 g/mol. The molecule has 0 aliphatic carbocycles. The van der Waals surface area contributed by atoms with E-state index in [9.17, 15) is 5.26 Å². The second kappa shape index (κ2) is 6.63. The van der Waals surface area contributed by atoms with Crippen molar-refractivity contribution in [1.29, 1.82) is 5.26 Å². The molecule has 102 valence electrons. The molecule has 0 saturated carbocycles. The van der Waals surface area contributed by atoms with Gasteiger partial charge in [-0.05, 0) is 31.5 Å². The standard InChI is InChI=1S/C17H18N2O/c1-3-20-17-10-5-4-8-14(17)12-19-16-9-6-7-13(2)15(16)11-18/h4-10,19H,3,12H2,1-2H3. The number of aryl methyl sites for hydroxylation is 1. The fourth-order valence-corrected chi connectivity index (χ4v) is 2.10. The van der Waals surface area contributed by atoms with Gasteiger partial charge in [0.1, 0.15) is 11.8 Å². The molecule has 0 amide bonds. The summed E-state index contributed by atoms with van der Waals surface area (Å²) in [6, 6.07) is 16.0. The number of para-hydroxylation sites is 1. The number of anilines is 1. The van der Waals surface area contributed by atoms with Crippen LogP contribution >= 0.6 is 0 Å².